The maximum absolute atomic E-state index is 10.7. The van der Waals surface area contributed by atoms with Crippen LogP contribution in [0.25, 0.3) is 0 Å². The number of hydrogen-bond donors (Lipinski definition) is 1. The van der Waals surface area contributed by atoms with Gasteiger partial charge in [0, 0.05) is 31.4 Å². The molecule has 112 valence electrons. The van der Waals surface area contributed by atoms with Gasteiger partial charge in [0.2, 0.25) is 0 Å². The molecule has 1 rings (SSSR count). The Hall–Kier alpha value is -1.82. The van der Waals surface area contributed by atoms with Crippen LogP contribution in [-0.2, 0) is 11.3 Å². The quantitative estimate of drug-likeness (QED) is 0.783. The average Bonchev–Trinajstić information content (AvgIpc) is 2.42. The van der Waals surface area contributed by atoms with E-state index in [-0.39, 0.29) is 12.5 Å². The van der Waals surface area contributed by atoms with Crippen molar-refractivity contribution in [1.29, 1.82) is 0 Å². The molecule has 6 heteroatoms. The molecule has 1 aromatic rings. The summed E-state index contributed by atoms with van der Waals surface area (Å²) in [5.41, 5.74) is 0.742. The Labute approximate surface area is 119 Å². The van der Waals surface area contributed by atoms with Crippen LogP contribution in [0, 0.1) is 0 Å². The second-order valence-corrected chi connectivity index (χ2v) is 4.70. The number of nitrogens with zero attached hydrogens (tertiary/aromatic N) is 2. The number of carboxylic acids is 1. The summed E-state index contributed by atoms with van der Waals surface area (Å²) in [6.07, 6.45) is 1.76. The monoisotopic (exact) mass is 282 g/mol. The fraction of sp³-hybridized carbons (Fsp3) is 0.571. The highest BCUT2D eigenvalue weighted by Gasteiger charge is 2.17. The summed E-state index contributed by atoms with van der Waals surface area (Å²) in [5.74, 6) is 0.414. The first-order valence-electron chi connectivity index (χ1n) is 6.51. The van der Waals surface area contributed by atoms with Crippen LogP contribution in [0.5, 0.6) is 11.5 Å². The number of aliphatic carboxylic acids is 1. The lowest BCUT2D eigenvalue weighted by molar-refractivity contribution is -0.137. The van der Waals surface area contributed by atoms with Crippen molar-refractivity contribution >= 4 is 5.97 Å². The van der Waals surface area contributed by atoms with E-state index in [1.54, 1.807) is 26.5 Å². The van der Waals surface area contributed by atoms with Crippen LogP contribution < -0.4 is 9.47 Å². The minimum absolute atomic E-state index is 0.102. The van der Waals surface area contributed by atoms with Gasteiger partial charge in [0.05, 0.1) is 20.6 Å². The van der Waals surface area contributed by atoms with Gasteiger partial charge in [0.15, 0.2) is 11.5 Å². The molecule has 0 atom stereocenters. The van der Waals surface area contributed by atoms with Gasteiger partial charge in [0.25, 0.3) is 0 Å². The van der Waals surface area contributed by atoms with Crippen LogP contribution in [0.15, 0.2) is 12.3 Å². The molecule has 1 heterocycles. The Balaban J connectivity index is 2.90. The van der Waals surface area contributed by atoms with Gasteiger partial charge < -0.3 is 14.6 Å². The Morgan fingerprint density at radius 1 is 1.40 bits per heavy atom. The van der Waals surface area contributed by atoms with E-state index in [1.807, 2.05) is 18.7 Å². The topological polar surface area (TPSA) is 71.9 Å². The molecule has 0 spiro atoms. The van der Waals surface area contributed by atoms with Crippen LogP contribution in [0.2, 0.25) is 0 Å². The molecule has 0 aliphatic heterocycles. The summed E-state index contributed by atoms with van der Waals surface area (Å²) in [4.78, 5) is 17.1. The number of aromatic nitrogens is 1. The van der Waals surface area contributed by atoms with Gasteiger partial charge >= 0.3 is 5.97 Å². The van der Waals surface area contributed by atoms with Crippen LogP contribution in [0.1, 0.15) is 26.0 Å². The predicted octanol–water partition coefficient (Wildman–Crippen LogP) is 1.78. The molecule has 0 aromatic carbocycles. The molecule has 0 bridgehead atoms. The third-order valence-corrected chi connectivity index (χ3v) is 3.06. The van der Waals surface area contributed by atoms with Crippen molar-refractivity contribution in [3.63, 3.8) is 0 Å². The Kier molecular flexibility index (Phi) is 6.24. The zero-order chi connectivity index (χ0) is 15.1. The average molecular weight is 282 g/mol. The Morgan fingerprint density at radius 2 is 2.10 bits per heavy atom. The summed E-state index contributed by atoms with van der Waals surface area (Å²) in [5, 5.41) is 8.81. The number of methoxy groups -OCH3 is 2. The van der Waals surface area contributed by atoms with E-state index in [4.69, 9.17) is 14.6 Å². The summed E-state index contributed by atoms with van der Waals surface area (Å²) >= 11 is 0. The van der Waals surface area contributed by atoms with E-state index in [0.29, 0.717) is 24.6 Å². The van der Waals surface area contributed by atoms with Gasteiger partial charge in [-0.2, -0.15) is 0 Å². The third kappa shape index (κ3) is 4.38. The van der Waals surface area contributed by atoms with Crippen molar-refractivity contribution in [1.82, 2.24) is 9.88 Å². The molecule has 0 saturated heterocycles. The number of carboxylic acid groups (broad SMARTS) is 1. The lowest BCUT2D eigenvalue weighted by Gasteiger charge is -2.26. The summed E-state index contributed by atoms with van der Waals surface area (Å²) in [6.45, 7) is 5.03. The molecule has 0 radical (unpaired) electrons. The van der Waals surface area contributed by atoms with E-state index in [0.717, 1.165) is 5.69 Å². The fourth-order valence-electron chi connectivity index (χ4n) is 1.91. The normalized spacial score (nSPS) is 10.9. The first-order valence-corrected chi connectivity index (χ1v) is 6.51. The highest BCUT2D eigenvalue weighted by Crippen LogP contribution is 2.30. The first kappa shape index (κ1) is 16.2. The van der Waals surface area contributed by atoms with Gasteiger partial charge in [-0.3, -0.25) is 14.7 Å². The van der Waals surface area contributed by atoms with Crippen molar-refractivity contribution in [3.05, 3.63) is 18.0 Å². The van der Waals surface area contributed by atoms with Gasteiger partial charge in [-0.05, 0) is 13.8 Å². The van der Waals surface area contributed by atoms with Gasteiger partial charge in [-0.1, -0.05) is 0 Å². The summed E-state index contributed by atoms with van der Waals surface area (Å²) < 4.78 is 10.6. The van der Waals surface area contributed by atoms with E-state index in [2.05, 4.69) is 4.98 Å². The zero-order valence-corrected chi connectivity index (χ0v) is 12.4. The first-order chi connectivity index (χ1) is 9.49. The van der Waals surface area contributed by atoms with Crippen molar-refractivity contribution < 1.29 is 19.4 Å². The van der Waals surface area contributed by atoms with Crippen LogP contribution in [0.4, 0.5) is 0 Å². The molecule has 0 unspecified atom stereocenters. The van der Waals surface area contributed by atoms with Crippen molar-refractivity contribution in [2.45, 2.75) is 32.9 Å². The second kappa shape index (κ2) is 7.69. The molecule has 0 aliphatic carbocycles. The highest BCUT2D eigenvalue weighted by molar-refractivity contribution is 5.66. The maximum atomic E-state index is 10.7. The largest absolute Gasteiger partial charge is 0.493 e. The minimum atomic E-state index is -0.804. The minimum Gasteiger partial charge on any atom is -0.493 e. The molecule has 6 nitrogen and oxygen atoms in total. The van der Waals surface area contributed by atoms with Crippen LogP contribution >= 0.6 is 0 Å². The number of ether oxygens (including phenoxy) is 2. The molecule has 1 N–H and O–H groups in total. The second-order valence-electron chi connectivity index (χ2n) is 4.70. The van der Waals surface area contributed by atoms with Crippen molar-refractivity contribution in [2.24, 2.45) is 0 Å². The summed E-state index contributed by atoms with van der Waals surface area (Å²) in [7, 11) is 3.15. The Morgan fingerprint density at radius 3 is 2.60 bits per heavy atom. The Bertz CT molecular complexity index is 449. The van der Waals surface area contributed by atoms with Crippen LogP contribution in [-0.4, -0.2) is 47.8 Å². The SMILES string of the molecule is COc1ccnc(CN(CCC(=O)O)C(C)C)c1OC. The maximum Gasteiger partial charge on any atom is 0.304 e. The molecule has 0 fully saturated rings. The van der Waals surface area contributed by atoms with E-state index in [9.17, 15) is 4.79 Å². The predicted molar refractivity (Wildman–Crippen MR) is 75.1 cm³/mol. The zero-order valence-electron chi connectivity index (χ0n) is 12.4. The number of pyridine rings is 1. The lowest BCUT2D eigenvalue weighted by atomic mass is 10.2. The smallest absolute Gasteiger partial charge is 0.304 e. The highest BCUT2D eigenvalue weighted by atomic mass is 16.5. The van der Waals surface area contributed by atoms with Crippen molar-refractivity contribution in [3.8, 4) is 11.5 Å². The molecule has 20 heavy (non-hydrogen) atoms. The van der Waals surface area contributed by atoms with Gasteiger partial charge in [-0.15, -0.1) is 0 Å². The van der Waals surface area contributed by atoms with Gasteiger partial charge in [0.1, 0.15) is 5.69 Å². The fourth-order valence-corrected chi connectivity index (χ4v) is 1.91. The number of carbonyl (C=O) groups is 1. The summed E-state index contributed by atoms with van der Waals surface area (Å²) in [6, 6.07) is 1.95. The van der Waals surface area contributed by atoms with Crippen LogP contribution in [0.3, 0.4) is 0 Å². The van der Waals surface area contributed by atoms with E-state index >= 15 is 0 Å². The molecule has 1 aromatic heterocycles. The van der Waals surface area contributed by atoms with E-state index < -0.39 is 5.97 Å². The van der Waals surface area contributed by atoms with Crippen molar-refractivity contribution in [2.75, 3.05) is 20.8 Å². The van der Waals surface area contributed by atoms with Gasteiger partial charge in [-0.25, -0.2) is 0 Å². The standard InChI is InChI=1S/C14H22N2O4/c1-10(2)16(8-6-13(17)18)9-11-14(20-4)12(19-3)5-7-15-11/h5,7,10H,6,8-9H2,1-4H3,(H,17,18). The molecule has 0 saturated carbocycles. The molecule has 0 amide bonds. The lowest BCUT2D eigenvalue weighted by Crippen LogP contribution is -2.32. The molecule has 0 aliphatic rings. The third-order valence-electron chi connectivity index (χ3n) is 3.06. The number of hydrogen-bond acceptors (Lipinski definition) is 5. The molecular formula is C14H22N2O4. The number of rotatable bonds is 8. The van der Waals surface area contributed by atoms with E-state index in [1.165, 1.54) is 0 Å². The molecular weight excluding hydrogens is 260 g/mol.